The Morgan fingerprint density at radius 3 is 2.43 bits per heavy atom. The van der Waals surface area contributed by atoms with E-state index in [1.165, 1.54) is 26.0 Å². The van der Waals surface area contributed by atoms with Crippen LogP contribution >= 0.6 is 0 Å². The van der Waals surface area contributed by atoms with Crippen molar-refractivity contribution < 1.29 is 39.5 Å². The zero-order valence-electron chi connectivity index (χ0n) is 15.3. The van der Waals surface area contributed by atoms with Crippen LogP contribution in [0.5, 0.6) is 5.75 Å². The number of aliphatic hydroxyl groups excluding tert-OH is 4. The van der Waals surface area contributed by atoms with Crippen LogP contribution in [0.25, 0.3) is 11.0 Å². The Morgan fingerprint density at radius 1 is 1.14 bits per heavy atom. The van der Waals surface area contributed by atoms with Crippen molar-refractivity contribution in [3.8, 4) is 5.75 Å². The number of hydrogen-bond donors (Lipinski definition) is 5. The number of aryl methyl sites for hydroxylation is 1. The summed E-state index contributed by atoms with van der Waals surface area (Å²) in [4.78, 5) is 23.9. The molecule has 28 heavy (non-hydrogen) atoms. The van der Waals surface area contributed by atoms with E-state index in [4.69, 9.17) is 9.15 Å². The molecule has 0 radical (unpaired) electrons. The summed E-state index contributed by atoms with van der Waals surface area (Å²) in [6.07, 6.45) is -7.30. The zero-order chi connectivity index (χ0) is 20.7. The Bertz CT molecular complexity index is 962. The van der Waals surface area contributed by atoms with E-state index >= 15 is 0 Å². The molecule has 2 aromatic rings. The smallest absolute Gasteiger partial charge is 0.193 e. The van der Waals surface area contributed by atoms with Gasteiger partial charge in [-0.3, -0.25) is 9.59 Å². The molecule has 5 unspecified atom stereocenters. The molecule has 1 saturated heterocycles. The average Bonchev–Trinajstić information content (AvgIpc) is 2.60. The minimum atomic E-state index is -1.63. The van der Waals surface area contributed by atoms with Crippen molar-refractivity contribution in [3.05, 3.63) is 39.2 Å². The highest BCUT2D eigenvalue weighted by Crippen LogP contribution is 2.40. The van der Waals surface area contributed by atoms with Gasteiger partial charge in [-0.25, -0.2) is 0 Å². The third-order valence-electron chi connectivity index (χ3n) is 4.95. The van der Waals surface area contributed by atoms with Crippen molar-refractivity contribution in [2.45, 2.75) is 50.8 Å². The molecule has 1 aliphatic rings. The summed E-state index contributed by atoms with van der Waals surface area (Å²) in [6.45, 7) is 2.25. The Morgan fingerprint density at radius 2 is 1.82 bits per heavy atom. The minimum Gasteiger partial charge on any atom is -0.507 e. The lowest BCUT2D eigenvalue weighted by molar-refractivity contribution is -0.232. The first kappa shape index (κ1) is 20.4. The van der Waals surface area contributed by atoms with E-state index in [0.29, 0.717) is 0 Å². The number of aliphatic hydroxyl groups is 4. The Kier molecular flexibility index (Phi) is 5.55. The lowest BCUT2D eigenvalue weighted by Crippen LogP contribution is -2.55. The van der Waals surface area contributed by atoms with E-state index in [1.807, 2.05) is 0 Å². The molecule has 1 aliphatic heterocycles. The van der Waals surface area contributed by atoms with E-state index in [9.17, 15) is 35.1 Å². The highest BCUT2D eigenvalue weighted by Gasteiger charge is 2.45. The molecule has 0 bridgehead atoms. The summed E-state index contributed by atoms with van der Waals surface area (Å²) in [5, 5.41) is 50.3. The van der Waals surface area contributed by atoms with Crippen molar-refractivity contribution in [3.63, 3.8) is 0 Å². The lowest BCUT2D eigenvalue weighted by atomic mass is 9.88. The average molecular weight is 394 g/mol. The van der Waals surface area contributed by atoms with Crippen LogP contribution in [0, 0.1) is 6.92 Å². The summed E-state index contributed by atoms with van der Waals surface area (Å²) < 4.78 is 11.0. The predicted octanol–water partition coefficient (Wildman–Crippen LogP) is -0.547. The van der Waals surface area contributed by atoms with Gasteiger partial charge in [0.1, 0.15) is 53.4 Å². The number of phenolic OH excluding ortho intramolecular Hbond substituents is 1. The molecule has 0 saturated carbocycles. The SMILES string of the molecule is CC(=O)Cc1cc(=O)c2c(C)c(C3OC(CO)C(O)C(O)C3O)c(O)cc2o1. The van der Waals surface area contributed by atoms with Crippen LogP contribution in [0.1, 0.15) is 29.9 Å². The fourth-order valence-electron chi connectivity index (χ4n) is 3.59. The van der Waals surface area contributed by atoms with Crippen LogP contribution in [0.3, 0.4) is 0 Å². The first-order chi connectivity index (χ1) is 13.1. The molecule has 152 valence electrons. The molecule has 2 heterocycles. The van der Waals surface area contributed by atoms with Gasteiger partial charge in [0.25, 0.3) is 0 Å². The second kappa shape index (κ2) is 7.61. The highest BCUT2D eigenvalue weighted by molar-refractivity contribution is 5.84. The van der Waals surface area contributed by atoms with Gasteiger partial charge in [0.15, 0.2) is 5.43 Å². The van der Waals surface area contributed by atoms with E-state index in [-0.39, 0.29) is 45.8 Å². The number of aromatic hydroxyl groups is 1. The first-order valence-corrected chi connectivity index (χ1v) is 8.74. The fourth-order valence-corrected chi connectivity index (χ4v) is 3.59. The third-order valence-corrected chi connectivity index (χ3v) is 4.95. The van der Waals surface area contributed by atoms with Gasteiger partial charge in [-0.05, 0) is 19.4 Å². The largest absolute Gasteiger partial charge is 0.507 e. The molecule has 9 nitrogen and oxygen atoms in total. The summed E-state index contributed by atoms with van der Waals surface area (Å²) >= 11 is 0. The van der Waals surface area contributed by atoms with Crippen molar-refractivity contribution in [1.82, 2.24) is 0 Å². The molecule has 3 rings (SSSR count). The number of ether oxygens (including phenoxy) is 1. The monoisotopic (exact) mass is 394 g/mol. The Labute approximate surface area is 159 Å². The lowest BCUT2D eigenvalue weighted by Gasteiger charge is -2.40. The van der Waals surface area contributed by atoms with Crippen LogP contribution in [0.4, 0.5) is 0 Å². The normalized spacial score (nSPS) is 27.9. The maximum atomic E-state index is 12.6. The summed E-state index contributed by atoms with van der Waals surface area (Å²) in [5.74, 6) is -0.400. The summed E-state index contributed by atoms with van der Waals surface area (Å²) in [7, 11) is 0. The maximum absolute atomic E-state index is 12.6. The number of carbonyl (C=O) groups is 1. The van der Waals surface area contributed by atoms with Gasteiger partial charge >= 0.3 is 0 Å². The number of phenols is 1. The van der Waals surface area contributed by atoms with Crippen LogP contribution in [0.15, 0.2) is 21.3 Å². The first-order valence-electron chi connectivity index (χ1n) is 8.74. The number of benzene rings is 1. The zero-order valence-corrected chi connectivity index (χ0v) is 15.3. The quantitative estimate of drug-likeness (QED) is 0.459. The Balaban J connectivity index is 2.15. The highest BCUT2D eigenvalue weighted by atomic mass is 16.5. The number of fused-ring (bicyclic) bond motifs is 1. The standard InChI is InChI=1S/C19H22O9/c1-7(21)3-9-4-10(22)14-8(2)15(11(23)5-12(14)27-9)19-18(26)17(25)16(24)13(6-20)28-19/h4-5,13,16-20,23-26H,3,6H2,1-2H3. The molecular formula is C19H22O9. The number of carbonyl (C=O) groups excluding carboxylic acids is 1. The molecule has 1 aromatic heterocycles. The number of hydrogen-bond acceptors (Lipinski definition) is 9. The van der Waals surface area contributed by atoms with Crippen molar-refractivity contribution >= 4 is 16.8 Å². The van der Waals surface area contributed by atoms with Gasteiger partial charge in [-0.15, -0.1) is 0 Å². The second-order valence-electron chi connectivity index (χ2n) is 7.01. The topological polar surface area (TPSA) is 158 Å². The fraction of sp³-hybridized carbons (Fsp3) is 0.474. The maximum Gasteiger partial charge on any atom is 0.193 e. The van der Waals surface area contributed by atoms with Gasteiger partial charge in [0.05, 0.1) is 18.4 Å². The number of ketones is 1. The molecule has 0 aliphatic carbocycles. The molecule has 1 fully saturated rings. The second-order valence-corrected chi connectivity index (χ2v) is 7.01. The minimum absolute atomic E-state index is 0.0380. The predicted molar refractivity (Wildman–Crippen MR) is 96.0 cm³/mol. The van der Waals surface area contributed by atoms with Gasteiger partial charge in [0.2, 0.25) is 0 Å². The van der Waals surface area contributed by atoms with Crippen LogP contribution in [-0.4, -0.2) is 62.3 Å². The molecule has 0 amide bonds. The summed E-state index contributed by atoms with van der Waals surface area (Å²) in [6, 6.07) is 2.36. The molecule has 1 aromatic carbocycles. The third kappa shape index (κ3) is 3.43. The van der Waals surface area contributed by atoms with E-state index in [1.54, 1.807) is 0 Å². The van der Waals surface area contributed by atoms with Crippen molar-refractivity contribution in [1.29, 1.82) is 0 Å². The molecular weight excluding hydrogens is 372 g/mol. The number of rotatable bonds is 4. The molecule has 5 atom stereocenters. The van der Waals surface area contributed by atoms with Gasteiger partial charge in [-0.1, -0.05) is 0 Å². The van der Waals surface area contributed by atoms with E-state index in [2.05, 4.69) is 0 Å². The van der Waals surface area contributed by atoms with Gasteiger partial charge in [-0.2, -0.15) is 0 Å². The summed E-state index contributed by atoms with van der Waals surface area (Å²) in [5.41, 5.74) is -0.0913. The van der Waals surface area contributed by atoms with Crippen LogP contribution < -0.4 is 5.43 Å². The van der Waals surface area contributed by atoms with Crippen molar-refractivity contribution in [2.75, 3.05) is 6.61 Å². The van der Waals surface area contributed by atoms with Crippen molar-refractivity contribution in [2.24, 2.45) is 0 Å². The van der Waals surface area contributed by atoms with Gasteiger partial charge in [0, 0.05) is 17.7 Å². The van der Waals surface area contributed by atoms with Crippen LogP contribution in [0.2, 0.25) is 0 Å². The van der Waals surface area contributed by atoms with E-state index in [0.717, 1.165) is 0 Å². The molecule has 0 spiro atoms. The molecule has 9 heteroatoms. The molecule has 5 N–H and O–H groups in total. The van der Waals surface area contributed by atoms with Crippen LogP contribution in [-0.2, 0) is 16.0 Å². The number of Topliss-reactive ketones (excluding diaryl/α,β-unsaturated/α-hetero) is 1. The van der Waals surface area contributed by atoms with E-state index < -0.39 is 42.6 Å². The van der Waals surface area contributed by atoms with Gasteiger partial charge < -0.3 is 34.7 Å². The Hall–Kier alpha value is -2.30.